The van der Waals surface area contributed by atoms with Gasteiger partial charge in [0.15, 0.2) is 11.5 Å². The number of amides is 1. The van der Waals surface area contributed by atoms with Crippen molar-refractivity contribution in [3.63, 3.8) is 0 Å². The fourth-order valence-electron chi connectivity index (χ4n) is 3.06. The van der Waals surface area contributed by atoms with Gasteiger partial charge in [-0.25, -0.2) is 4.98 Å². The second-order valence-corrected chi connectivity index (χ2v) is 8.39. The summed E-state index contributed by atoms with van der Waals surface area (Å²) in [6.45, 7) is 4.56. The molecule has 164 valence electrons. The van der Waals surface area contributed by atoms with E-state index in [2.05, 4.69) is 10.3 Å². The first kappa shape index (κ1) is 23.0. The molecule has 0 aliphatic heterocycles. The number of aryl methyl sites for hydroxylation is 1. The number of aromatic nitrogens is 2. The highest BCUT2D eigenvalue weighted by Gasteiger charge is 2.23. The van der Waals surface area contributed by atoms with Crippen LogP contribution in [0.25, 0.3) is 0 Å². The van der Waals surface area contributed by atoms with Crippen molar-refractivity contribution in [3.05, 3.63) is 75.8 Å². The second-order valence-electron chi connectivity index (χ2n) is 7.55. The molecule has 31 heavy (non-hydrogen) atoms. The first-order valence-corrected chi connectivity index (χ1v) is 10.6. The average molecular weight is 462 g/mol. The first-order chi connectivity index (χ1) is 14.8. The number of carbonyl (C=O) groups is 1. The molecular formula is C23H25Cl2N3O3. The third-order valence-corrected chi connectivity index (χ3v) is 5.18. The minimum atomic E-state index is -0.480. The number of imidazole rings is 1. The Balaban J connectivity index is 1.92. The Morgan fingerprint density at radius 2 is 1.90 bits per heavy atom. The lowest BCUT2D eigenvalue weighted by atomic mass is 10.1. The van der Waals surface area contributed by atoms with Gasteiger partial charge < -0.3 is 19.4 Å². The van der Waals surface area contributed by atoms with Gasteiger partial charge in [0.05, 0.1) is 18.7 Å². The van der Waals surface area contributed by atoms with Gasteiger partial charge in [-0.2, -0.15) is 0 Å². The lowest BCUT2D eigenvalue weighted by Crippen LogP contribution is -2.31. The van der Waals surface area contributed by atoms with Crippen molar-refractivity contribution in [2.75, 3.05) is 13.7 Å². The van der Waals surface area contributed by atoms with E-state index in [-0.39, 0.29) is 5.91 Å². The smallest absolute Gasteiger partial charge is 0.252 e. The number of nitrogens with zero attached hydrogens (tertiary/aromatic N) is 2. The van der Waals surface area contributed by atoms with Gasteiger partial charge in [-0.15, -0.1) is 0 Å². The topological polar surface area (TPSA) is 65.4 Å². The molecule has 1 unspecified atom stereocenters. The molecule has 6 nitrogen and oxygen atoms in total. The van der Waals surface area contributed by atoms with E-state index in [1.54, 1.807) is 30.5 Å². The van der Waals surface area contributed by atoms with Crippen LogP contribution in [0.4, 0.5) is 0 Å². The molecule has 2 aromatic carbocycles. The zero-order valence-electron chi connectivity index (χ0n) is 17.9. The first-order valence-electron chi connectivity index (χ1n) is 9.84. The molecule has 8 heteroatoms. The molecule has 0 aliphatic rings. The Morgan fingerprint density at radius 1 is 1.19 bits per heavy atom. The molecular weight excluding hydrogens is 437 g/mol. The molecule has 3 rings (SSSR count). The number of carbonyl (C=O) groups excluding carboxylic acids is 1. The summed E-state index contributed by atoms with van der Waals surface area (Å²) in [4.78, 5) is 17.6. The monoisotopic (exact) mass is 461 g/mol. The van der Waals surface area contributed by atoms with Crippen LogP contribution in [-0.2, 0) is 7.05 Å². The van der Waals surface area contributed by atoms with Crippen molar-refractivity contribution in [3.8, 4) is 11.5 Å². The van der Waals surface area contributed by atoms with Crippen molar-refractivity contribution in [1.29, 1.82) is 0 Å². The van der Waals surface area contributed by atoms with E-state index in [1.807, 2.05) is 43.8 Å². The van der Waals surface area contributed by atoms with Gasteiger partial charge >= 0.3 is 0 Å². The SMILES string of the molecule is COc1cc(C(=O)NC(c2ccc(Cl)cc2)c2nccn2C)cc(Cl)c1OCC(C)C. The van der Waals surface area contributed by atoms with Gasteiger partial charge in [0, 0.05) is 30.0 Å². The molecule has 0 spiro atoms. The summed E-state index contributed by atoms with van der Waals surface area (Å²) >= 11 is 12.5. The highest BCUT2D eigenvalue weighted by molar-refractivity contribution is 6.32. The van der Waals surface area contributed by atoms with Gasteiger partial charge in [-0.1, -0.05) is 49.2 Å². The third kappa shape index (κ3) is 5.51. The van der Waals surface area contributed by atoms with Gasteiger partial charge in [0.1, 0.15) is 11.9 Å². The summed E-state index contributed by atoms with van der Waals surface area (Å²) in [5, 5.41) is 3.96. The van der Waals surface area contributed by atoms with Crippen LogP contribution in [0.1, 0.15) is 41.6 Å². The molecule has 0 fully saturated rings. The van der Waals surface area contributed by atoms with E-state index < -0.39 is 6.04 Å². The number of benzene rings is 2. The lowest BCUT2D eigenvalue weighted by molar-refractivity contribution is 0.0940. The normalized spacial score (nSPS) is 12.0. The van der Waals surface area contributed by atoms with Crippen molar-refractivity contribution in [2.45, 2.75) is 19.9 Å². The average Bonchev–Trinajstić information content (AvgIpc) is 3.16. The number of halogens is 2. The molecule has 1 N–H and O–H groups in total. The molecule has 0 aliphatic carbocycles. The van der Waals surface area contributed by atoms with Crippen LogP contribution in [0, 0.1) is 5.92 Å². The minimum Gasteiger partial charge on any atom is -0.493 e. The standard InChI is InChI=1S/C23H25Cl2N3O3/c1-14(2)13-31-21-18(25)11-16(12-19(21)30-4)23(29)27-20(22-26-9-10-28(22)3)15-5-7-17(24)8-6-15/h5-12,14,20H,13H2,1-4H3,(H,27,29). The fraction of sp³-hybridized carbons (Fsp3) is 0.304. The maximum absolute atomic E-state index is 13.2. The predicted octanol–water partition coefficient (Wildman–Crippen LogP) is 5.29. The Morgan fingerprint density at radius 3 is 2.48 bits per heavy atom. The number of ether oxygens (including phenoxy) is 2. The zero-order valence-corrected chi connectivity index (χ0v) is 19.4. The van der Waals surface area contributed by atoms with Crippen LogP contribution < -0.4 is 14.8 Å². The summed E-state index contributed by atoms with van der Waals surface area (Å²) in [6.07, 6.45) is 3.51. The third-order valence-electron chi connectivity index (χ3n) is 4.65. The molecule has 0 saturated heterocycles. The molecule has 0 bridgehead atoms. The fourth-order valence-corrected chi connectivity index (χ4v) is 3.45. The molecule has 3 aromatic rings. The molecule has 1 heterocycles. The number of nitrogens with one attached hydrogen (secondary N) is 1. The maximum Gasteiger partial charge on any atom is 0.252 e. The van der Waals surface area contributed by atoms with Gasteiger partial charge in [0.2, 0.25) is 0 Å². The number of rotatable bonds is 8. The second kappa shape index (κ2) is 10.1. The van der Waals surface area contributed by atoms with Crippen LogP contribution in [0.2, 0.25) is 10.0 Å². The molecule has 1 amide bonds. The molecule has 0 saturated carbocycles. The summed E-state index contributed by atoms with van der Waals surface area (Å²) in [5.41, 5.74) is 1.20. The van der Waals surface area contributed by atoms with E-state index in [0.717, 1.165) is 5.56 Å². The van der Waals surface area contributed by atoms with Crippen molar-refractivity contribution in [2.24, 2.45) is 13.0 Å². The Labute approximate surface area is 192 Å². The van der Waals surface area contributed by atoms with Crippen molar-refractivity contribution < 1.29 is 14.3 Å². The molecule has 0 radical (unpaired) electrons. The predicted molar refractivity (Wildman–Crippen MR) is 122 cm³/mol. The molecule has 1 atom stereocenters. The van der Waals surface area contributed by atoms with Crippen LogP contribution in [0.3, 0.4) is 0 Å². The minimum absolute atomic E-state index is 0.310. The Bertz CT molecular complexity index is 1050. The van der Waals surface area contributed by atoms with Crippen LogP contribution in [-0.4, -0.2) is 29.2 Å². The Hall–Kier alpha value is -2.70. The largest absolute Gasteiger partial charge is 0.493 e. The van der Waals surface area contributed by atoms with E-state index in [1.165, 1.54) is 7.11 Å². The van der Waals surface area contributed by atoms with E-state index in [9.17, 15) is 4.79 Å². The summed E-state index contributed by atoms with van der Waals surface area (Å²) < 4.78 is 13.1. The quantitative estimate of drug-likeness (QED) is 0.494. The van der Waals surface area contributed by atoms with Crippen LogP contribution in [0.5, 0.6) is 11.5 Å². The summed E-state index contributed by atoms with van der Waals surface area (Å²) in [6, 6.07) is 9.99. The van der Waals surface area contributed by atoms with E-state index >= 15 is 0 Å². The lowest BCUT2D eigenvalue weighted by Gasteiger charge is -2.20. The maximum atomic E-state index is 13.2. The summed E-state index contributed by atoms with van der Waals surface area (Å²) in [7, 11) is 3.39. The van der Waals surface area contributed by atoms with Gasteiger partial charge in [-0.05, 0) is 35.7 Å². The van der Waals surface area contributed by atoms with Gasteiger partial charge in [-0.3, -0.25) is 4.79 Å². The van der Waals surface area contributed by atoms with E-state index in [4.69, 9.17) is 32.7 Å². The van der Waals surface area contributed by atoms with Crippen molar-refractivity contribution >= 4 is 29.1 Å². The highest BCUT2D eigenvalue weighted by Crippen LogP contribution is 2.37. The number of methoxy groups -OCH3 is 1. The van der Waals surface area contributed by atoms with E-state index in [0.29, 0.717) is 45.5 Å². The Kier molecular flexibility index (Phi) is 7.46. The van der Waals surface area contributed by atoms with Crippen LogP contribution >= 0.6 is 23.2 Å². The number of hydrogen-bond acceptors (Lipinski definition) is 4. The van der Waals surface area contributed by atoms with Crippen molar-refractivity contribution in [1.82, 2.24) is 14.9 Å². The zero-order chi connectivity index (χ0) is 22.5. The summed E-state index contributed by atoms with van der Waals surface area (Å²) in [5.74, 6) is 1.51. The molecule has 1 aromatic heterocycles. The van der Waals surface area contributed by atoms with Gasteiger partial charge in [0.25, 0.3) is 5.91 Å². The van der Waals surface area contributed by atoms with Crippen LogP contribution in [0.15, 0.2) is 48.8 Å². The highest BCUT2D eigenvalue weighted by atomic mass is 35.5. The number of hydrogen-bond donors (Lipinski definition) is 1.